The van der Waals surface area contributed by atoms with Crippen molar-refractivity contribution in [1.29, 1.82) is 0 Å². The van der Waals surface area contributed by atoms with Gasteiger partial charge in [0.2, 0.25) is 5.91 Å². The van der Waals surface area contributed by atoms with Crippen LogP contribution in [-0.4, -0.2) is 22.2 Å². The third-order valence-corrected chi connectivity index (χ3v) is 2.32. The van der Waals surface area contributed by atoms with Gasteiger partial charge in [-0.25, -0.2) is 4.39 Å². The van der Waals surface area contributed by atoms with E-state index in [-0.39, 0.29) is 5.56 Å². The van der Waals surface area contributed by atoms with Crippen molar-refractivity contribution >= 4 is 5.91 Å². The smallest absolute Gasteiger partial charge is 0.220 e. The predicted molar refractivity (Wildman–Crippen MR) is 55.9 cm³/mol. The zero-order valence-corrected chi connectivity index (χ0v) is 8.85. The average molecular weight is 227 g/mol. The molecule has 0 heterocycles. The molecule has 1 amide bonds. The number of aliphatic hydroxyl groups is 2. The van der Waals surface area contributed by atoms with Gasteiger partial charge in [0.05, 0.1) is 12.5 Å². The minimum absolute atomic E-state index is 0.0336. The number of aryl methyl sites for hydroxylation is 1. The molecule has 0 fully saturated rings. The van der Waals surface area contributed by atoms with E-state index in [1.807, 2.05) is 0 Å². The van der Waals surface area contributed by atoms with Crippen LogP contribution in [0.3, 0.4) is 0 Å². The van der Waals surface area contributed by atoms with E-state index in [9.17, 15) is 19.4 Å². The molecule has 2 unspecified atom stereocenters. The van der Waals surface area contributed by atoms with E-state index in [0.717, 1.165) is 0 Å². The molecule has 2 atom stereocenters. The van der Waals surface area contributed by atoms with Gasteiger partial charge in [0.15, 0.2) is 0 Å². The molecular formula is C11H14FNO3. The Labute approximate surface area is 92.5 Å². The number of benzene rings is 1. The highest BCUT2D eigenvalue weighted by atomic mass is 19.1. The Hall–Kier alpha value is -1.46. The Morgan fingerprint density at radius 1 is 1.50 bits per heavy atom. The maximum absolute atomic E-state index is 13.6. The molecule has 4 N–H and O–H groups in total. The molecule has 0 saturated carbocycles. The van der Waals surface area contributed by atoms with E-state index >= 15 is 0 Å². The van der Waals surface area contributed by atoms with Gasteiger partial charge >= 0.3 is 0 Å². The SMILES string of the molecule is Cc1cccc(C(O)C(O)CC(N)=O)c1F. The van der Waals surface area contributed by atoms with Crippen LogP contribution < -0.4 is 5.73 Å². The summed E-state index contributed by atoms with van der Waals surface area (Å²) in [7, 11) is 0. The molecule has 16 heavy (non-hydrogen) atoms. The second-order valence-corrected chi connectivity index (χ2v) is 3.66. The number of primary amides is 1. The average Bonchev–Trinajstić information content (AvgIpc) is 2.20. The van der Waals surface area contributed by atoms with Crippen LogP contribution in [-0.2, 0) is 4.79 Å². The number of halogens is 1. The molecule has 1 rings (SSSR count). The molecule has 0 spiro atoms. The summed E-state index contributed by atoms with van der Waals surface area (Å²) in [6.07, 6.45) is -3.25. The van der Waals surface area contributed by atoms with Crippen LogP contribution >= 0.6 is 0 Å². The Morgan fingerprint density at radius 2 is 2.12 bits per heavy atom. The predicted octanol–water partition coefficient (Wildman–Crippen LogP) is 0.404. The molecule has 0 aromatic heterocycles. The first-order valence-corrected chi connectivity index (χ1v) is 4.83. The van der Waals surface area contributed by atoms with Crippen molar-refractivity contribution < 1.29 is 19.4 Å². The van der Waals surface area contributed by atoms with Crippen LogP contribution in [0.1, 0.15) is 23.7 Å². The largest absolute Gasteiger partial charge is 0.390 e. The van der Waals surface area contributed by atoms with Crippen molar-refractivity contribution in [3.8, 4) is 0 Å². The molecule has 4 nitrogen and oxygen atoms in total. The van der Waals surface area contributed by atoms with Gasteiger partial charge in [0, 0.05) is 5.56 Å². The molecule has 88 valence electrons. The van der Waals surface area contributed by atoms with E-state index in [2.05, 4.69) is 0 Å². The van der Waals surface area contributed by atoms with Crippen molar-refractivity contribution in [3.63, 3.8) is 0 Å². The number of aliphatic hydroxyl groups excluding tert-OH is 2. The summed E-state index contributed by atoms with van der Waals surface area (Å²) < 4.78 is 13.6. The molecule has 0 bridgehead atoms. The van der Waals surface area contributed by atoms with Crippen LogP contribution in [0.4, 0.5) is 4.39 Å². The fourth-order valence-electron chi connectivity index (χ4n) is 1.42. The summed E-state index contributed by atoms with van der Waals surface area (Å²) >= 11 is 0. The topological polar surface area (TPSA) is 83.6 Å². The van der Waals surface area contributed by atoms with Crippen LogP contribution in [0.2, 0.25) is 0 Å². The Kier molecular flexibility index (Phi) is 3.98. The number of carbonyl (C=O) groups is 1. The summed E-state index contributed by atoms with van der Waals surface area (Å²) in [6.45, 7) is 1.55. The molecule has 1 aromatic carbocycles. The summed E-state index contributed by atoms with van der Waals surface area (Å²) in [6, 6.07) is 4.47. The summed E-state index contributed by atoms with van der Waals surface area (Å²) in [5.74, 6) is -1.34. The summed E-state index contributed by atoms with van der Waals surface area (Å²) in [5, 5.41) is 19.1. The van der Waals surface area contributed by atoms with Gasteiger partial charge < -0.3 is 15.9 Å². The molecule has 1 aromatic rings. The standard InChI is InChI=1S/C11H14FNO3/c1-6-3-2-4-7(10(6)12)11(16)8(14)5-9(13)15/h2-4,8,11,14,16H,5H2,1H3,(H2,13,15). The highest BCUT2D eigenvalue weighted by Gasteiger charge is 2.23. The van der Waals surface area contributed by atoms with Gasteiger partial charge in [0.25, 0.3) is 0 Å². The Bertz CT molecular complexity index is 395. The minimum Gasteiger partial charge on any atom is -0.390 e. The first-order valence-electron chi connectivity index (χ1n) is 4.83. The first kappa shape index (κ1) is 12.6. The van der Waals surface area contributed by atoms with E-state index in [1.165, 1.54) is 6.07 Å². The van der Waals surface area contributed by atoms with Gasteiger partial charge in [-0.15, -0.1) is 0 Å². The van der Waals surface area contributed by atoms with Crippen molar-refractivity contribution in [3.05, 3.63) is 35.1 Å². The zero-order chi connectivity index (χ0) is 12.3. The van der Waals surface area contributed by atoms with Crippen LogP contribution in [0.5, 0.6) is 0 Å². The van der Waals surface area contributed by atoms with Gasteiger partial charge in [0.1, 0.15) is 11.9 Å². The van der Waals surface area contributed by atoms with Crippen LogP contribution in [0.15, 0.2) is 18.2 Å². The molecular weight excluding hydrogens is 213 g/mol. The monoisotopic (exact) mass is 227 g/mol. The highest BCUT2D eigenvalue weighted by molar-refractivity contribution is 5.74. The molecule has 0 saturated heterocycles. The number of nitrogens with two attached hydrogens (primary N) is 1. The van der Waals surface area contributed by atoms with Gasteiger partial charge in [-0.3, -0.25) is 4.79 Å². The molecule has 5 heteroatoms. The van der Waals surface area contributed by atoms with Crippen molar-refractivity contribution in [2.45, 2.75) is 25.6 Å². The maximum Gasteiger partial charge on any atom is 0.220 e. The van der Waals surface area contributed by atoms with Crippen LogP contribution in [0, 0.1) is 12.7 Å². The molecule has 0 aliphatic heterocycles. The van der Waals surface area contributed by atoms with Gasteiger partial charge in [-0.05, 0) is 12.5 Å². The summed E-state index contributed by atoms with van der Waals surface area (Å²) in [5.41, 5.74) is 5.20. The Balaban J connectivity index is 2.91. The lowest BCUT2D eigenvalue weighted by molar-refractivity contribution is -0.121. The third kappa shape index (κ3) is 2.77. The number of hydrogen-bond acceptors (Lipinski definition) is 3. The zero-order valence-electron chi connectivity index (χ0n) is 8.85. The summed E-state index contributed by atoms with van der Waals surface area (Å²) in [4.78, 5) is 10.6. The number of amides is 1. The first-order chi connectivity index (χ1) is 7.43. The number of rotatable bonds is 4. The number of carbonyl (C=O) groups excluding carboxylic acids is 1. The van der Waals surface area contributed by atoms with Crippen molar-refractivity contribution in [2.24, 2.45) is 5.73 Å². The molecule has 0 radical (unpaired) electrons. The van der Waals surface area contributed by atoms with Crippen LogP contribution in [0.25, 0.3) is 0 Å². The lowest BCUT2D eigenvalue weighted by atomic mass is 9.99. The fourth-order valence-corrected chi connectivity index (χ4v) is 1.42. The van der Waals surface area contributed by atoms with Crippen molar-refractivity contribution in [2.75, 3.05) is 0 Å². The normalized spacial score (nSPS) is 14.5. The van der Waals surface area contributed by atoms with E-state index in [4.69, 9.17) is 5.73 Å². The number of hydrogen-bond donors (Lipinski definition) is 3. The van der Waals surface area contributed by atoms with E-state index in [0.29, 0.717) is 5.56 Å². The Morgan fingerprint density at radius 3 is 2.69 bits per heavy atom. The maximum atomic E-state index is 13.6. The van der Waals surface area contributed by atoms with E-state index in [1.54, 1.807) is 19.1 Å². The third-order valence-electron chi connectivity index (χ3n) is 2.32. The van der Waals surface area contributed by atoms with Gasteiger partial charge in [-0.1, -0.05) is 18.2 Å². The molecule has 0 aliphatic rings. The molecule has 0 aliphatic carbocycles. The lowest BCUT2D eigenvalue weighted by Gasteiger charge is -2.18. The quantitative estimate of drug-likeness (QED) is 0.696. The fraction of sp³-hybridized carbons (Fsp3) is 0.364. The highest BCUT2D eigenvalue weighted by Crippen LogP contribution is 2.23. The second-order valence-electron chi connectivity index (χ2n) is 3.66. The van der Waals surface area contributed by atoms with Gasteiger partial charge in [-0.2, -0.15) is 0 Å². The minimum atomic E-state index is -1.45. The van der Waals surface area contributed by atoms with Crippen molar-refractivity contribution in [1.82, 2.24) is 0 Å². The second kappa shape index (κ2) is 5.05. The lowest BCUT2D eigenvalue weighted by Crippen LogP contribution is -2.26. The van der Waals surface area contributed by atoms with E-state index < -0.39 is 30.4 Å².